The van der Waals surface area contributed by atoms with E-state index in [1.165, 1.54) is 29.2 Å². The fourth-order valence-electron chi connectivity index (χ4n) is 3.10. The first-order valence-corrected chi connectivity index (χ1v) is 8.40. The standard InChI is InChI=1S/C18H17FN6O/c19-14-5-3-4-13(10-14)18(26)21-16-11-15(25-12-20-22-23-25)6-7-17(16)24-8-1-2-9-24/h3-7,10-12H,1-2,8-9H2,(H,21,26). The maximum Gasteiger partial charge on any atom is 0.255 e. The Labute approximate surface area is 149 Å². The summed E-state index contributed by atoms with van der Waals surface area (Å²) in [6.45, 7) is 1.88. The molecule has 1 aliphatic heterocycles. The van der Waals surface area contributed by atoms with E-state index in [1.54, 1.807) is 6.07 Å². The number of rotatable bonds is 4. The first-order valence-electron chi connectivity index (χ1n) is 8.40. The Balaban J connectivity index is 1.69. The Kier molecular flexibility index (Phi) is 4.30. The van der Waals surface area contributed by atoms with E-state index in [2.05, 4.69) is 25.7 Å². The predicted molar refractivity (Wildman–Crippen MR) is 95.0 cm³/mol. The fourth-order valence-corrected chi connectivity index (χ4v) is 3.10. The summed E-state index contributed by atoms with van der Waals surface area (Å²) in [5.74, 6) is -0.807. The van der Waals surface area contributed by atoms with Crippen LogP contribution in [0.15, 0.2) is 48.8 Å². The minimum Gasteiger partial charge on any atom is -0.370 e. The molecule has 1 saturated heterocycles. The first-order chi connectivity index (χ1) is 12.7. The molecule has 4 rings (SSSR count). The predicted octanol–water partition coefficient (Wildman–Crippen LogP) is 2.65. The van der Waals surface area contributed by atoms with Gasteiger partial charge in [0.05, 0.1) is 17.1 Å². The van der Waals surface area contributed by atoms with Crippen molar-refractivity contribution in [1.29, 1.82) is 0 Å². The lowest BCUT2D eigenvalue weighted by Gasteiger charge is -2.22. The SMILES string of the molecule is O=C(Nc1cc(-n2cnnn2)ccc1N1CCCC1)c1cccc(F)c1. The zero-order chi connectivity index (χ0) is 17.9. The van der Waals surface area contributed by atoms with Gasteiger partial charge in [0.15, 0.2) is 0 Å². The van der Waals surface area contributed by atoms with Gasteiger partial charge in [0, 0.05) is 18.7 Å². The van der Waals surface area contributed by atoms with Gasteiger partial charge in [-0.15, -0.1) is 5.10 Å². The molecule has 1 fully saturated rings. The van der Waals surface area contributed by atoms with Crippen LogP contribution in [0.5, 0.6) is 0 Å². The highest BCUT2D eigenvalue weighted by molar-refractivity contribution is 6.06. The number of amides is 1. The van der Waals surface area contributed by atoms with Crippen LogP contribution in [0.1, 0.15) is 23.2 Å². The number of tetrazole rings is 1. The van der Waals surface area contributed by atoms with Crippen LogP contribution in [-0.4, -0.2) is 39.2 Å². The molecule has 3 aromatic rings. The Hall–Kier alpha value is -3.29. The molecule has 2 heterocycles. The van der Waals surface area contributed by atoms with E-state index in [0.29, 0.717) is 5.69 Å². The van der Waals surface area contributed by atoms with E-state index in [1.807, 2.05) is 18.2 Å². The molecule has 1 aliphatic rings. The van der Waals surface area contributed by atoms with Crippen LogP contribution in [0.4, 0.5) is 15.8 Å². The minimum absolute atomic E-state index is 0.269. The first kappa shape index (κ1) is 16.2. The van der Waals surface area contributed by atoms with Crippen molar-refractivity contribution in [2.75, 3.05) is 23.3 Å². The van der Waals surface area contributed by atoms with Crippen molar-refractivity contribution in [2.24, 2.45) is 0 Å². The number of carbonyl (C=O) groups excluding carboxylic acids is 1. The van der Waals surface area contributed by atoms with Crippen LogP contribution in [0.2, 0.25) is 0 Å². The van der Waals surface area contributed by atoms with Crippen molar-refractivity contribution in [2.45, 2.75) is 12.8 Å². The van der Waals surface area contributed by atoms with Crippen LogP contribution in [0.25, 0.3) is 5.69 Å². The Morgan fingerprint density at radius 1 is 1.12 bits per heavy atom. The van der Waals surface area contributed by atoms with Crippen LogP contribution in [0, 0.1) is 5.82 Å². The molecule has 0 atom stereocenters. The molecule has 1 aromatic heterocycles. The van der Waals surface area contributed by atoms with Crippen molar-refractivity contribution in [3.63, 3.8) is 0 Å². The Bertz CT molecular complexity index is 921. The molecule has 0 saturated carbocycles. The lowest BCUT2D eigenvalue weighted by Crippen LogP contribution is -2.21. The Morgan fingerprint density at radius 2 is 1.96 bits per heavy atom. The summed E-state index contributed by atoms with van der Waals surface area (Å²) in [5.41, 5.74) is 2.58. The van der Waals surface area contributed by atoms with E-state index in [0.717, 1.165) is 37.3 Å². The van der Waals surface area contributed by atoms with Gasteiger partial charge in [0.25, 0.3) is 5.91 Å². The normalized spacial score (nSPS) is 13.8. The van der Waals surface area contributed by atoms with Crippen molar-refractivity contribution in [1.82, 2.24) is 20.2 Å². The molecule has 2 aromatic carbocycles. The summed E-state index contributed by atoms with van der Waals surface area (Å²) >= 11 is 0. The second kappa shape index (κ2) is 6.91. The summed E-state index contributed by atoms with van der Waals surface area (Å²) < 4.78 is 14.9. The molecular formula is C18H17FN6O. The number of nitrogens with zero attached hydrogens (tertiary/aromatic N) is 5. The number of aromatic nitrogens is 4. The van der Waals surface area contributed by atoms with Crippen LogP contribution in [0.3, 0.4) is 0 Å². The molecule has 26 heavy (non-hydrogen) atoms. The van der Waals surface area contributed by atoms with Gasteiger partial charge in [-0.1, -0.05) is 6.07 Å². The zero-order valence-corrected chi connectivity index (χ0v) is 14.0. The monoisotopic (exact) mass is 352 g/mol. The average Bonchev–Trinajstić information content (AvgIpc) is 3.35. The molecule has 132 valence electrons. The van der Waals surface area contributed by atoms with Crippen LogP contribution >= 0.6 is 0 Å². The summed E-state index contributed by atoms with van der Waals surface area (Å²) in [5, 5.41) is 14.1. The molecule has 0 radical (unpaired) electrons. The van der Waals surface area contributed by atoms with Gasteiger partial charge < -0.3 is 10.2 Å². The fraction of sp³-hybridized carbons (Fsp3) is 0.222. The van der Waals surface area contributed by atoms with Gasteiger partial charge in [-0.05, 0) is 59.7 Å². The highest BCUT2D eigenvalue weighted by Gasteiger charge is 2.18. The van der Waals surface area contributed by atoms with Gasteiger partial charge in [-0.2, -0.15) is 0 Å². The second-order valence-electron chi connectivity index (χ2n) is 6.11. The average molecular weight is 352 g/mol. The molecule has 0 bridgehead atoms. The summed E-state index contributed by atoms with van der Waals surface area (Å²) in [4.78, 5) is 14.8. The van der Waals surface area contributed by atoms with Crippen LogP contribution in [-0.2, 0) is 0 Å². The molecular weight excluding hydrogens is 335 g/mol. The molecule has 1 N–H and O–H groups in total. The topological polar surface area (TPSA) is 75.9 Å². The smallest absolute Gasteiger partial charge is 0.255 e. The quantitative estimate of drug-likeness (QED) is 0.781. The molecule has 8 heteroatoms. The molecule has 0 spiro atoms. The highest BCUT2D eigenvalue weighted by Crippen LogP contribution is 2.31. The van der Waals surface area contributed by atoms with Crippen LogP contribution < -0.4 is 10.2 Å². The van der Waals surface area contributed by atoms with Gasteiger partial charge >= 0.3 is 0 Å². The van der Waals surface area contributed by atoms with Crippen molar-refractivity contribution in [3.05, 3.63) is 60.2 Å². The summed E-state index contributed by atoms with van der Waals surface area (Å²) in [6.07, 6.45) is 3.72. The summed E-state index contributed by atoms with van der Waals surface area (Å²) in [6, 6.07) is 11.3. The number of carbonyl (C=O) groups is 1. The van der Waals surface area contributed by atoms with E-state index < -0.39 is 5.82 Å². The number of hydrogen-bond donors (Lipinski definition) is 1. The van der Waals surface area contributed by atoms with Gasteiger partial charge in [-0.25, -0.2) is 9.07 Å². The third kappa shape index (κ3) is 3.26. The van der Waals surface area contributed by atoms with E-state index in [-0.39, 0.29) is 11.5 Å². The van der Waals surface area contributed by atoms with Gasteiger partial charge in [0.1, 0.15) is 12.1 Å². The lowest BCUT2D eigenvalue weighted by atomic mass is 10.1. The third-order valence-corrected chi connectivity index (χ3v) is 4.38. The number of anilines is 2. The maximum atomic E-state index is 13.4. The molecule has 0 unspecified atom stereocenters. The van der Waals surface area contributed by atoms with E-state index in [4.69, 9.17) is 0 Å². The molecule has 1 amide bonds. The largest absolute Gasteiger partial charge is 0.370 e. The van der Waals surface area contributed by atoms with Crippen molar-refractivity contribution < 1.29 is 9.18 Å². The molecule has 0 aliphatic carbocycles. The van der Waals surface area contributed by atoms with Crippen molar-refractivity contribution >= 4 is 17.3 Å². The van der Waals surface area contributed by atoms with Gasteiger partial charge in [0.2, 0.25) is 0 Å². The molecule has 7 nitrogen and oxygen atoms in total. The minimum atomic E-state index is -0.445. The zero-order valence-electron chi connectivity index (χ0n) is 14.0. The number of hydrogen-bond acceptors (Lipinski definition) is 5. The Morgan fingerprint density at radius 3 is 2.69 bits per heavy atom. The highest BCUT2D eigenvalue weighted by atomic mass is 19.1. The third-order valence-electron chi connectivity index (χ3n) is 4.38. The van der Waals surface area contributed by atoms with E-state index >= 15 is 0 Å². The number of benzene rings is 2. The van der Waals surface area contributed by atoms with Gasteiger partial charge in [-0.3, -0.25) is 4.79 Å². The van der Waals surface area contributed by atoms with Crippen molar-refractivity contribution in [3.8, 4) is 5.69 Å². The number of nitrogens with one attached hydrogen (secondary N) is 1. The lowest BCUT2D eigenvalue weighted by molar-refractivity contribution is 0.102. The maximum absolute atomic E-state index is 13.4. The summed E-state index contributed by atoms with van der Waals surface area (Å²) in [7, 11) is 0. The van der Waals surface area contributed by atoms with E-state index in [9.17, 15) is 9.18 Å². The number of halogens is 1. The second-order valence-corrected chi connectivity index (χ2v) is 6.11.